The van der Waals surface area contributed by atoms with Gasteiger partial charge < -0.3 is 15.0 Å². The van der Waals surface area contributed by atoms with E-state index in [1.807, 2.05) is 29.7 Å². The fourth-order valence-corrected chi connectivity index (χ4v) is 2.50. The minimum Gasteiger partial charge on any atom is -0.370 e. The van der Waals surface area contributed by atoms with E-state index in [4.69, 9.17) is 22.1 Å². The summed E-state index contributed by atoms with van der Waals surface area (Å²) >= 11 is 9.60. The second kappa shape index (κ2) is 6.56. The number of imidazole rings is 1. The van der Waals surface area contributed by atoms with Crippen LogP contribution in [0.5, 0.6) is 0 Å². The van der Waals surface area contributed by atoms with Gasteiger partial charge in [-0.15, -0.1) is 11.6 Å². The number of carbonyl (C=O) groups excluding carboxylic acids is 1. The molecule has 7 heteroatoms. The number of hydrogen-bond donors (Lipinski definition) is 1. The van der Waals surface area contributed by atoms with Gasteiger partial charge in [-0.2, -0.15) is 0 Å². The van der Waals surface area contributed by atoms with Crippen LogP contribution in [0.4, 0.5) is 0 Å². The van der Waals surface area contributed by atoms with Crippen LogP contribution in [0.1, 0.15) is 18.1 Å². The smallest absolute Gasteiger partial charge is 0.243 e. The van der Waals surface area contributed by atoms with Gasteiger partial charge in [0.1, 0.15) is 12.4 Å². The summed E-state index contributed by atoms with van der Waals surface area (Å²) in [5, 5.41) is -0.211. The van der Waals surface area contributed by atoms with Crippen LogP contribution in [0.2, 0.25) is 0 Å². The molecular formula is C13H15BrClN3O2. The Morgan fingerprint density at radius 1 is 1.60 bits per heavy atom. The standard InChI is InChI=1S/C13H15BrClN3O2/c1-8(15)13-17-10-6-9(14)2-3-11(10)18(13)4-5-20-7-12(16)19/h2-3,6,8H,4-5,7H2,1H3,(H2,16,19). The van der Waals surface area contributed by atoms with Crippen molar-refractivity contribution in [1.82, 2.24) is 9.55 Å². The maximum absolute atomic E-state index is 10.6. The third-order valence-electron chi connectivity index (χ3n) is 2.80. The van der Waals surface area contributed by atoms with Gasteiger partial charge in [0, 0.05) is 11.0 Å². The molecule has 0 spiro atoms. The maximum atomic E-state index is 10.6. The molecule has 2 N–H and O–H groups in total. The van der Waals surface area contributed by atoms with Crippen molar-refractivity contribution in [2.45, 2.75) is 18.8 Å². The number of amides is 1. The molecule has 1 aromatic heterocycles. The van der Waals surface area contributed by atoms with E-state index in [1.54, 1.807) is 0 Å². The monoisotopic (exact) mass is 359 g/mol. The highest BCUT2D eigenvalue weighted by molar-refractivity contribution is 9.10. The van der Waals surface area contributed by atoms with Crippen molar-refractivity contribution >= 4 is 44.5 Å². The summed E-state index contributed by atoms with van der Waals surface area (Å²) < 4.78 is 8.17. The number of primary amides is 1. The molecule has 1 amide bonds. The molecule has 0 bridgehead atoms. The van der Waals surface area contributed by atoms with Crippen LogP contribution in [0, 0.1) is 0 Å². The number of rotatable bonds is 6. The SMILES string of the molecule is CC(Cl)c1nc2cc(Br)ccc2n1CCOCC(N)=O. The second-order valence-corrected chi connectivity index (χ2v) is 5.96. The number of carbonyl (C=O) groups is 1. The van der Waals surface area contributed by atoms with Crippen molar-refractivity contribution in [3.63, 3.8) is 0 Å². The molecule has 0 saturated heterocycles. The molecule has 0 aliphatic rings. The molecule has 0 fully saturated rings. The summed E-state index contributed by atoms with van der Waals surface area (Å²) in [6.45, 7) is 2.74. The van der Waals surface area contributed by atoms with Gasteiger partial charge in [-0.1, -0.05) is 15.9 Å². The Labute approximate surface area is 130 Å². The lowest BCUT2D eigenvalue weighted by atomic mass is 10.3. The first-order valence-corrected chi connectivity index (χ1v) is 7.38. The number of nitrogens with two attached hydrogens (primary N) is 1. The Morgan fingerprint density at radius 3 is 3.00 bits per heavy atom. The zero-order valence-corrected chi connectivity index (χ0v) is 13.3. The summed E-state index contributed by atoms with van der Waals surface area (Å²) in [6, 6.07) is 5.87. The van der Waals surface area contributed by atoms with E-state index in [0.717, 1.165) is 21.3 Å². The van der Waals surface area contributed by atoms with Gasteiger partial charge >= 0.3 is 0 Å². The molecule has 1 aromatic carbocycles. The van der Waals surface area contributed by atoms with Crippen molar-refractivity contribution in [2.75, 3.05) is 13.2 Å². The lowest BCUT2D eigenvalue weighted by Gasteiger charge is -2.10. The molecule has 0 saturated carbocycles. The zero-order valence-electron chi connectivity index (χ0n) is 11.0. The van der Waals surface area contributed by atoms with Crippen LogP contribution >= 0.6 is 27.5 Å². The summed E-state index contributed by atoms with van der Waals surface area (Å²) in [4.78, 5) is 15.2. The van der Waals surface area contributed by atoms with E-state index in [9.17, 15) is 4.79 Å². The van der Waals surface area contributed by atoms with Crippen molar-refractivity contribution in [2.24, 2.45) is 5.73 Å². The molecule has 5 nitrogen and oxygen atoms in total. The van der Waals surface area contributed by atoms with E-state index in [2.05, 4.69) is 20.9 Å². The predicted molar refractivity (Wildman–Crippen MR) is 81.7 cm³/mol. The van der Waals surface area contributed by atoms with Gasteiger partial charge in [0.2, 0.25) is 5.91 Å². The molecule has 2 aromatic rings. The van der Waals surface area contributed by atoms with Gasteiger partial charge in [-0.25, -0.2) is 4.98 Å². The molecule has 2 rings (SSSR count). The quantitative estimate of drug-likeness (QED) is 0.636. The van der Waals surface area contributed by atoms with Crippen molar-refractivity contribution in [3.8, 4) is 0 Å². The molecule has 20 heavy (non-hydrogen) atoms. The average Bonchev–Trinajstić information content (AvgIpc) is 2.72. The zero-order chi connectivity index (χ0) is 14.7. The largest absolute Gasteiger partial charge is 0.370 e. The molecule has 1 atom stereocenters. The normalized spacial score (nSPS) is 12.8. The minimum atomic E-state index is -0.477. The molecule has 108 valence electrons. The second-order valence-electron chi connectivity index (χ2n) is 4.39. The van der Waals surface area contributed by atoms with Crippen LogP contribution in [0.3, 0.4) is 0 Å². The van der Waals surface area contributed by atoms with E-state index < -0.39 is 5.91 Å². The number of ether oxygens (including phenoxy) is 1. The summed E-state index contributed by atoms with van der Waals surface area (Å²) in [5.41, 5.74) is 6.88. The minimum absolute atomic E-state index is 0.0794. The highest BCUT2D eigenvalue weighted by Gasteiger charge is 2.15. The summed E-state index contributed by atoms with van der Waals surface area (Å²) in [5.74, 6) is 0.304. The Balaban J connectivity index is 2.24. The lowest BCUT2D eigenvalue weighted by Crippen LogP contribution is -2.20. The van der Waals surface area contributed by atoms with Gasteiger partial charge in [-0.3, -0.25) is 4.79 Å². The van der Waals surface area contributed by atoms with E-state index in [1.165, 1.54) is 0 Å². The summed E-state index contributed by atoms with van der Waals surface area (Å²) in [6.07, 6.45) is 0. The van der Waals surface area contributed by atoms with Crippen molar-refractivity contribution in [1.29, 1.82) is 0 Å². The Morgan fingerprint density at radius 2 is 2.35 bits per heavy atom. The number of fused-ring (bicyclic) bond motifs is 1. The first kappa shape index (κ1) is 15.3. The van der Waals surface area contributed by atoms with Crippen molar-refractivity contribution < 1.29 is 9.53 Å². The third-order valence-corrected chi connectivity index (χ3v) is 3.49. The lowest BCUT2D eigenvalue weighted by molar-refractivity contribution is -0.122. The van der Waals surface area contributed by atoms with E-state index in [0.29, 0.717) is 13.2 Å². The van der Waals surface area contributed by atoms with Gasteiger partial charge in [0.25, 0.3) is 0 Å². The average molecular weight is 361 g/mol. The van der Waals surface area contributed by atoms with Gasteiger partial charge in [0.15, 0.2) is 0 Å². The topological polar surface area (TPSA) is 70.1 Å². The number of halogens is 2. The number of benzene rings is 1. The van der Waals surface area contributed by atoms with Crippen molar-refractivity contribution in [3.05, 3.63) is 28.5 Å². The third kappa shape index (κ3) is 3.50. The van der Waals surface area contributed by atoms with Crippen LogP contribution in [0.15, 0.2) is 22.7 Å². The first-order valence-electron chi connectivity index (χ1n) is 6.15. The first-order chi connectivity index (χ1) is 9.49. The number of aromatic nitrogens is 2. The molecule has 1 unspecified atom stereocenters. The fraction of sp³-hybridized carbons (Fsp3) is 0.385. The van der Waals surface area contributed by atoms with Gasteiger partial charge in [-0.05, 0) is 25.1 Å². The highest BCUT2D eigenvalue weighted by Crippen LogP contribution is 2.26. The van der Waals surface area contributed by atoms with Crippen LogP contribution in [0.25, 0.3) is 11.0 Å². The van der Waals surface area contributed by atoms with E-state index >= 15 is 0 Å². The molecule has 0 aliphatic heterocycles. The molecule has 0 aliphatic carbocycles. The Hall–Kier alpha value is -1.11. The maximum Gasteiger partial charge on any atom is 0.243 e. The van der Waals surface area contributed by atoms with Crippen LogP contribution in [-0.2, 0) is 16.1 Å². The Bertz CT molecular complexity index is 627. The molecule has 1 heterocycles. The molecular weight excluding hydrogens is 346 g/mol. The number of alkyl halides is 1. The predicted octanol–water partition coefficient (Wildman–Crippen LogP) is 2.60. The Kier molecular flexibility index (Phi) is 5.01. The van der Waals surface area contributed by atoms with Crippen LogP contribution in [-0.4, -0.2) is 28.7 Å². The van der Waals surface area contributed by atoms with E-state index in [-0.39, 0.29) is 12.0 Å². The number of hydrogen-bond acceptors (Lipinski definition) is 3. The number of nitrogens with zero attached hydrogens (tertiary/aromatic N) is 2. The highest BCUT2D eigenvalue weighted by atomic mass is 79.9. The fourth-order valence-electron chi connectivity index (χ4n) is 1.99. The van der Waals surface area contributed by atoms with Gasteiger partial charge in [0.05, 0.1) is 23.0 Å². The van der Waals surface area contributed by atoms with Crippen LogP contribution < -0.4 is 5.73 Å². The summed E-state index contributed by atoms with van der Waals surface area (Å²) in [7, 11) is 0. The molecule has 0 radical (unpaired) electrons.